The Morgan fingerprint density at radius 3 is 1.60 bits per heavy atom. The van der Waals surface area contributed by atoms with E-state index in [1.807, 2.05) is 127 Å². The topological polar surface area (TPSA) is 144 Å². The molecule has 8 bridgehead atoms. The van der Waals surface area contributed by atoms with E-state index in [-0.39, 0.29) is 5.56 Å². The van der Waals surface area contributed by atoms with Crippen molar-refractivity contribution >= 4 is 69.1 Å². The lowest BCUT2D eigenvalue weighted by Gasteiger charge is -2.04. The summed E-state index contributed by atoms with van der Waals surface area (Å²) in [4.78, 5) is 40.6. The minimum atomic E-state index is -0.671. The van der Waals surface area contributed by atoms with Gasteiger partial charge in [-0.2, -0.15) is 0 Å². The summed E-state index contributed by atoms with van der Waals surface area (Å²) >= 11 is 1.57. The summed E-state index contributed by atoms with van der Waals surface area (Å²) in [7, 11) is 0. The maximum absolute atomic E-state index is 12.0. The van der Waals surface area contributed by atoms with Gasteiger partial charge in [0.1, 0.15) is 5.56 Å². The van der Waals surface area contributed by atoms with Gasteiger partial charge >= 0.3 is 0 Å². The Bertz CT molecular complexity index is 3000. The Kier molecular flexibility index (Phi) is 8.87. The van der Waals surface area contributed by atoms with Crippen molar-refractivity contribution in [1.82, 2.24) is 19.9 Å². The van der Waals surface area contributed by atoms with Crippen LogP contribution in [0.1, 0.15) is 44.3 Å². The fraction of sp³-hybridized carbons (Fsp3) is 0. The third-order valence-electron chi connectivity index (χ3n) is 9.42. The molecule has 2 aliphatic heterocycles. The summed E-state index contributed by atoms with van der Waals surface area (Å²) in [6.07, 6.45) is 7.88. The SMILES string of the molecule is O=[N+]([O-])c1ccc(C#Cc2c3ccc([nH]3)c(-c3ccccc3)c3nc(c(C#Cc4cccs4)c4nc(c(-c5ccccc5)c5ccc2[nH]5)C=C4)C=C3)c([N+](=O)[O-])c1. The van der Waals surface area contributed by atoms with Crippen molar-refractivity contribution in [3.05, 3.63) is 185 Å². The van der Waals surface area contributed by atoms with Crippen LogP contribution in [0.5, 0.6) is 0 Å². The van der Waals surface area contributed by atoms with E-state index in [0.717, 1.165) is 44.2 Å². The molecular weight excluding hydrogens is 733 g/mol. The number of rotatable bonds is 4. The Hall–Kier alpha value is -8.12. The van der Waals surface area contributed by atoms with Crippen LogP contribution in [0.25, 0.3) is 68.6 Å². The molecule has 0 atom stereocenters. The average molecular weight is 759 g/mol. The molecule has 2 aliphatic rings. The van der Waals surface area contributed by atoms with Gasteiger partial charge in [-0.1, -0.05) is 90.4 Å². The lowest BCUT2D eigenvalue weighted by Crippen LogP contribution is -1.95. The molecule has 6 heterocycles. The van der Waals surface area contributed by atoms with Gasteiger partial charge in [0.25, 0.3) is 11.4 Å². The zero-order chi connectivity index (χ0) is 38.9. The second-order valence-corrected chi connectivity index (χ2v) is 13.9. The van der Waals surface area contributed by atoms with Crippen LogP contribution in [-0.2, 0) is 0 Å². The summed E-state index contributed by atoms with van der Waals surface area (Å²) in [5.41, 5.74) is 9.49. The van der Waals surface area contributed by atoms with Gasteiger partial charge in [-0.3, -0.25) is 20.2 Å². The molecule has 7 aromatic rings. The molecule has 0 aliphatic carbocycles. The first-order valence-corrected chi connectivity index (χ1v) is 18.5. The average Bonchev–Trinajstić information content (AvgIpc) is 4.09. The first-order valence-electron chi connectivity index (χ1n) is 17.7. The standard InChI is InChI=1S/C46H26N6O4S/c53-51(54)32-15-13-29(44(28-32)52(55)56)14-17-34-36-19-23-40(47-36)45(30-8-3-1-4-9-30)42-25-21-38(49-42)35(18-16-33-12-7-27-57-33)39-22-26-43(50-39)46(31-10-5-2-6-11-31)41-24-20-37(34)48-41/h1-13,15,19-28,47-48H. The van der Waals surface area contributed by atoms with E-state index >= 15 is 0 Å². The number of nitrogens with zero attached hydrogens (tertiary/aromatic N) is 4. The smallest absolute Gasteiger partial charge is 0.291 e. The maximum Gasteiger partial charge on any atom is 0.291 e. The first kappa shape index (κ1) is 34.6. The molecular formula is C46H26N6O4S. The lowest BCUT2D eigenvalue weighted by molar-refractivity contribution is -0.394. The number of benzene rings is 3. The second-order valence-electron chi connectivity index (χ2n) is 12.9. The first-order chi connectivity index (χ1) is 27.9. The van der Waals surface area contributed by atoms with E-state index in [9.17, 15) is 20.2 Å². The highest BCUT2D eigenvalue weighted by atomic mass is 32.1. The molecule has 11 heteroatoms. The number of nitrogens with one attached hydrogen (secondary N) is 2. The number of hydrogen-bond donors (Lipinski definition) is 2. The predicted molar refractivity (Wildman–Crippen MR) is 226 cm³/mol. The van der Waals surface area contributed by atoms with Crippen LogP contribution in [0.15, 0.2) is 121 Å². The molecule has 4 aromatic heterocycles. The van der Waals surface area contributed by atoms with Crippen molar-refractivity contribution in [1.29, 1.82) is 0 Å². The molecule has 0 radical (unpaired) electrons. The fourth-order valence-electron chi connectivity index (χ4n) is 6.78. The van der Waals surface area contributed by atoms with Gasteiger partial charge in [-0.15, -0.1) is 11.3 Å². The molecule has 0 unspecified atom stereocenters. The summed E-state index contributed by atoms with van der Waals surface area (Å²) in [6.45, 7) is 0. The van der Waals surface area contributed by atoms with Crippen molar-refractivity contribution < 1.29 is 9.85 Å². The second kappa shape index (κ2) is 14.6. The van der Waals surface area contributed by atoms with Crippen LogP contribution in [0.4, 0.5) is 11.4 Å². The number of aromatic amines is 2. The molecule has 9 rings (SSSR count). The van der Waals surface area contributed by atoms with Gasteiger partial charge < -0.3 is 9.97 Å². The Morgan fingerprint density at radius 2 is 1.07 bits per heavy atom. The largest absolute Gasteiger partial charge is 0.354 e. The van der Waals surface area contributed by atoms with E-state index in [1.54, 1.807) is 11.3 Å². The molecule has 10 nitrogen and oxygen atoms in total. The summed E-state index contributed by atoms with van der Waals surface area (Å²) in [5, 5.41) is 25.5. The van der Waals surface area contributed by atoms with Crippen LogP contribution in [0.2, 0.25) is 0 Å². The highest BCUT2D eigenvalue weighted by molar-refractivity contribution is 7.10. The van der Waals surface area contributed by atoms with Crippen molar-refractivity contribution in [3.63, 3.8) is 0 Å². The fourth-order valence-corrected chi connectivity index (χ4v) is 7.35. The van der Waals surface area contributed by atoms with E-state index in [0.29, 0.717) is 44.9 Å². The number of fused-ring (bicyclic) bond motifs is 8. The summed E-state index contributed by atoms with van der Waals surface area (Å²) < 4.78 is 0. The van der Waals surface area contributed by atoms with Crippen molar-refractivity contribution in [2.24, 2.45) is 0 Å². The van der Waals surface area contributed by atoms with Crippen LogP contribution in [-0.4, -0.2) is 29.8 Å². The molecule has 0 spiro atoms. The third kappa shape index (κ3) is 6.78. The molecule has 57 heavy (non-hydrogen) atoms. The van der Waals surface area contributed by atoms with Crippen LogP contribution < -0.4 is 0 Å². The van der Waals surface area contributed by atoms with E-state index in [1.165, 1.54) is 12.1 Å². The highest BCUT2D eigenvalue weighted by Crippen LogP contribution is 2.34. The predicted octanol–water partition coefficient (Wildman–Crippen LogP) is 10.7. The monoisotopic (exact) mass is 758 g/mol. The van der Waals surface area contributed by atoms with Crippen LogP contribution in [0, 0.1) is 43.9 Å². The minimum Gasteiger partial charge on any atom is -0.354 e. The molecule has 0 amide bonds. The zero-order valence-electron chi connectivity index (χ0n) is 29.7. The number of non-ortho nitro benzene ring substituents is 1. The highest BCUT2D eigenvalue weighted by Gasteiger charge is 2.20. The van der Waals surface area contributed by atoms with E-state index < -0.39 is 21.2 Å². The number of aromatic nitrogens is 4. The number of nitro benzene ring substituents is 2. The lowest BCUT2D eigenvalue weighted by atomic mass is 10.0. The third-order valence-corrected chi connectivity index (χ3v) is 10.2. The van der Waals surface area contributed by atoms with Gasteiger partial charge in [-0.05, 0) is 77.2 Å². The Balaban J connectivity index is 1.40. The molecule has 270 valence electrons. The normalized spacial score (nSPS) is 11.4. The summed E-state index contributed by atoms with van der Waals surface area (Å²) in [6, 6.07) is 35.0. The molecule has 0 saturated carbocycles. The number of H-pyrrole nitrogens is 2. The van der Waals surface area contributed by atoms with Gasteiger partial charge in [0.05, 0.1) is 65.7 Å². The van der Waals surface area contributed by atoms with Gasteiger partial charge in [0, 0.05) is 28.2 Å². The zero-order valence-corrected chi connectivity index (χ0v) is 30.5. The van der Waals surface area contributed by atoms with Crippen LogP contribution >= 0.6 is 11.3 Å². The minimum absolute atomic E-state index is 0.0353. The van der Waals surface area contributed by atoms with Crippen molar-refractivity contribution in [2.75, 3.05) is 0 Å². The summed E-state index contributed by atoms with van der Waals surface area (Å²) in [5.74, 6) is 12.9. The number of nitro groups is 2. The number of thiophene rings is 1. The van der Waals surface area contributed by atoms with Gasteiger partial charge in [0.2, 0.25) is 0 Å². The quantitative estimate of drug-likeness (QED) is 0.104. The molecule has 3 aromatic carbocycles. The van der Waals surface area contributed by atoms with Crippen molar-refractivity contribution in [3.8, 4) is 45.9 Å². The van der Waals surface area contributed by atoms with Gasteiger partial charge in [0.15, 0.2) is 0 Å². The van der Waals surface area contributed by atoms with Crippen molar-refractivity contribution in [2.45, 2.75) is 0 Å². The molecule has 2 N–H and O–H groups in total. The van der Waals surface area contributed by atoms with Crippen LogP contribution in [0.3, 0.4) is 0 Å². The maximum atomic E-state index is 12.0. The Morgan fingerprint density at radius 1 is 0.526 bits per heavy atom. The number of hydrogen-bond acceptors (Lipinski definition) is 7. The Labute approximate surface area is 328 Å². The van der Waals surface area contributed by atoms with E-state index in [4.69, 9.17) is 9.97 Å². The van der Waals surface area contributed by atoms with E-state index in [2.05, 4.69) is 33.6 Å². The molecule has 0 saturated heterocycles. The van der Waals surface area contributed by atoms with Gasteiger partial charge in [-0.25, -0.2) is 9.97 Å². The molecule has 0 fully saturated rings.